The first-order valence-electron chi connectivity index (χ1n) is 21.8. The summed E-state index contributed by atoms with van der Waals surface area (Å²) in [5.74, 6) is -0.388. The third kappa shape index (κ3) is 40.4. The number of hydrogen-bond donors (Lipinski definition) is 3. The van der Waals surface area contributed by atoms with Gasteiger partial charge in [-0.05, 0) is 64.2 Å². The summed E-state index contributed by atoms with van der Waals surface area (Å²) in [6.45, 7) is 3.51. The lowest BCUT2D eigenvalue weighted by Crippen LogP contribution is -2.29. The molecule has 0 heterocycles. The van der Waals surface area contributed by atoms with Gasteiger partial charge in [0, 0.05) is 13.0 Å². The van der Waals surface area contributed by atoms with Gasteiger partial charge in [0.25, 0.3) is 0 Å². The molecular weight excluding hydrogens is 691 g/mol. The molecule has 0 saturated carbocycles. The number of allylic oxidation sites excluding steroid dienone is 4. The molecule has 0 amide bonds. The van der Waals surface area contributed by atoms with E-state index in [4.69, 9.17) is 23.6 Å². The first-order chi connectivity index (χ1) is 25.8. The molecule has 0 saturated heterocycles. The Morgan fingerprint density at radius 1 is 0.566 bits per heavy atom. The number of esters is 1. The number of phosphoric ester groups is 1. The minimum Gasteiger partial charge on any atom is -0.457 e. The molecule has 3 atom stereocenters. The molecule has 0 aliphatic heterocycles. The van der Waals surface area contributed by atoms with Gasteiger partial charge in [0.05, 0.1) is 26.4 Å². The Hall–Kier alpha value is -1.06. The van der Waals surface area contributed by atoms with E-state index in [2.05, 4.69) is 38.2 Å². The standard InChI is InChI=1S/C43H83O9P/c1-3-5-7-9-11-13-15-17-19-20-21-23-25-27-29-31-33-35-43(46)52-42(40-51-53(47,48)50-38-41(45)37-44)39-49-36-34-32-30-28-26-24-22-18-16-14-12-10-8-6-4-2/h16-19,41-42,44-45H,3-15,20-40H2,1-2H3,(H,47,48)/b18-16-,19-17-. The molecule has 3 unspecified atom stereocenters. The second-order valence-corrected chi connectivity index (χ2v) is 16.2. The van der Waals surface area contributed by atoms with E-state index in [1.807, 2.05) is 0 Å². The quantitative estimate of drug-likeness (QED) is 0.0240. The van der Waals surface area contributed by atoms with Crippen molar-refractivity contribution >= 4 is 13.8 Å². The smallest absolute Gasteiger partial charge is 0.457 e. The first-order valence-corrected chi connectivity index (χ1v) is 23.3. The molecule has 0 bridgehead atoms. The van der Waals surface area contributed by atoms with Crippen molar-refractivity contribution in [1.29, 1.82) is 0 Å². The van der Waals surface area contributed by atoms with Gasteiger partial charge in [0.15, 0.2) is 0 Å². The maximum atomic E-state index is 12.6. The highest BCUT2D eigenvalue weighted by molar-refractivity contribution is 7.47. The van der Waals surface area contributed by atoms with E-state index >= 15 is 0 Å². The largest absolute Gasteiger partial charge is 0.472 e. The molecule has 0 rings (SSSR count). The van der Waals surface area contributed by atoms with Crippen molar-refractivity contribution in [1.82, 2.24) is 0 Å². The molecule has 0 aromatic rings. The molecule has 0 fully saturated rings. The number of rotatable bonds is 42. The Kier molecular flexibility index (Phi) is 39.8. The molecular formula is C43H83O9P. The molecule has 0 aliphatic carbocycles. The van der Waals surface area contributed by atoms with Crippen LogP contribution in [0.5, 0.6) is 0 Å². The van der Waals surface area contributed by atoms with Crippen LogP contribution in [0, 0.1) is 0 Å². The van der Waals surface area contributed by atoms with Crippen LogP contribution < -0.4 is 0 Å². The van der Waals surface area contributed by atoms with Crippen LogP contribution in [0.3, 0.4) is 0 Å². The fourth-order valence-electron chi connectivity index (χ4n) is 5.99. The minimum absolute atomic E-state index is 0.0458. The number of aliphatic hydroxyl groups excluding tert-OH is 2. The normalized spacial score (nSPS) is 14.3. The Balaban J connectivity index is 4.17. The van der Waals surface area contributed by atoms with Gasteiger partial charge in [-0.25, -0.2) is 4.57 Å². The van der Waals surface area contributed by atoms with Crippen LogP contribution in [0.4, 0.5) is 0 Å². The molecule has 10 heteroatoms. The third-order valence-corrected chi connectivity index (χ3v) is 10.3. The molecule has 0 aromatic carbocycles. The molecule has 9 nitrogen and oxygen atoms in total. The maximum Gasteiger partial charge on any atom is 0.472 e. The predicted octanol–water partition coefficient (Wildman–Crippen LogP) is 11.9. The van der Waals surface area contributed by atoms with Gasteiger partial charge >= 0.3 is 13.8 Å². The van der Waals surface area contributed by atoms with E-state index in [-0.39, 0.29) is 25.6 Å². The van der Waals surface area contributed by atoms with Crippen LogP contribution in [-0.2, 0) is 27.9 Å². The van der Waals surface area contributed by atoms with Crippen molar-refractivity contribution in [2.45, 2.75) is 212 Å². The predicted molar refractivity (Wildman–Crippen MR) is 219 cm³/mol. The SMILES string of the molecule is CCCCCCC/C=C\CCCCCCCCOCC(COP(=O)(O)OCC(O)CO)OC(=O)CCCCCCCCC/C=C\CCCCCCCC. The number of carbonyl (C=O) groups excluding carboxylic acids is 1. The topological polar surface area (TPSA) is 132 Å². The summed E-state index contributed by atoms with van der Waals surface area (Å²) >= 11 is 0. The Bertz CT molecular complexity index is 882. The van der Waals surface area contributed by atoms with Gasteiger partial charge in [0.1, 0.15) is 12.2 Å². The molecule has 3 N–H and O–H groups in total. The number of ether oxygens (including phenoxy) is 2. The summed E-state index contributed by atoms with van der Waals surface area (Å²) in [4.78, 5) is 22.6. The molecule has 0 aromatic heterocycles. The lowest BCUT2D eigenvalue weighted by molar-refractivity contribution is -0.154. The highest BCUT2D eigenvalue weighted by atomic mass is 31.2. The molecule has 53 heavy (non-hydrogen) atoms. The van der Waals surface area contributed by atoms with Crippen molar-refractivity contribution < 1.29 is 43.0 Å². The van der Waals surface area contributed by atoms with Crippen molar-refractivity contribution in [2.24, 2.45) is 0 Å². The fourth-order valence-corrected chi connectivity index (χ4v) is 6.78. The van der Waals surface area contributed by atoms with Gasteiger partial charge in [-0.3, -0.25) is 13.8 Å². The highest BCUT2D eigenvalue weighted by Crippen LogP contribution is 2.43. The van der Waals surface area contributed by atoms with E-state index in [0.29, 0.717) is 6.61 Å². The van der Waals surface area contributed by atoms with Crippen LogP contribution in [0.15, 0.2) is 24.3 Å². The van der Waals surface area contributed by atoms with Gasteiger partial charge in [-0.15, -0.1) is 0 Å². The molecule has 0 spiro atoms. The summed E-state index contributed by atoms with van der Waals surface area (Å²) < 4.78 is 33.4. The summed E-state index contributed by atoms with van der Waals surface area (Å²) in [5.41, 5.74) is 0. The monoisotopic (exact) mass is 775 g/mol. The van der Waals surface area contributed by atoms with Gasteiger partial charge in [-0.2, -0.15) is 0 Å². The van der Waals surface area contributed by atoms with Crippen molar-refractivity contribution in [2.75, 3.05) is 33.0 Å². The first kappa shape index (κ1) is 51.9. The lowest BCUT2D eigenvalue weighted by atomic mass is 10.1. The van der Waals surface area contributed by atoms with Gasteiger partial charge in [0.2, 0.25) is 0 Å². The van der Waals surface area contributed by atoms with Crippen molar-refractivity contribution in [3.8, 4) is 0 Å². The molecule has 0 aliphatic rings. The van der Waals surface area contributed by atoms with Gasteiger partial charge in [-0.1, -0.05) is 154 Å². The van der Waals surface area contributed by atoms with Crippen molar-refractivity contribution in [3.63, 3.8) is 0 Å². The average Bonchev–Trinajstić information content (AvgIpc) is 3.15. The third-order valence-electron chi connectivity index (χ3n) is 9.36. The zero-order chi connectivity index (χ0) is 38.9. The number of phosphoric acid groups is 1. The Labute approximate surface area is 325 Å². The summed E-state index contributed by atoms with van der Waals surface area (Å²) in [7, 11) is -4.52. The van der Waals surface area contributed by atoms with E-state index in [0.717, 1.165) is 57.8 Å². The van der Waals surface area contributed by atoms with Crippen LogP contribution in [-0.4, -0.2) is 66.3 Å². The zero-order valence-corrected chi connectivity index (χ0v) is 35.1. The molecule has 314 valence electrons. The summed E-state index contributed by atoms with van der Waals surface area (Å²) in [6.07, 6.45) is 41.3. The summed E-state index contributed by atoms with van der Waals surface area (Å²) in [6, 6.07) is 0. The Morgan fingerprint density at radius 3 is 1.42 bits per heavy atom. The summed E-state index contributed by atoms with van der Waals surface area (Å²) in [5, 5.41) is 18.3. The van der Waals surface area contributed by atoms with E-state index < -0.39 is 33.2 Å². The van der Waals surface area contributed by atoms with E-state index in [9.17, 15) is 19.4 Å². The number of carbonyl (C=O) groups is 1. The number of hydrogen-bond acceptors (Lipinski definition) is 8. The molecule has 0 radical (unpaired) electrons. The number of unbranched alkanes of at least 4 members (excludes halogenated alkanes) is 24. The van der Waals surface area contributed by atoms with Crippen LogP contribution in [0.2, 0.25) is 0 Å². The number of aliphatic hydroxyl groups is 2. The highest BCUT2D eigenvalue weighted by Gasteiger charge is 2.26. The van der Waals surface area contributed by atoms with Crippen LogP contribution in [0.25, 0.3) is 0 Å². The van der Waals surface area contributed by atoms with Crippen molar-refractivity contribution in [3.05, 3.63) is 24.3 Å². The van der Waals surface area contributed by atoms with Gasteiger partial charge < -0.3 is 24.6 Å². The zero-order valence-electron chi connectivity index (χ0n) is 34.2. The van der Waals surface area contributed by atoms with E-state index in [1.54, 1.807) is 0 Å². The Morgan fingerprint density at radius 2 is 0.962 bits per heavy atom. The van der Waals surface area contributed by atoms with E-state index in [1.165, 1.54) is 122 Å². The van der Waals surface area contributed by atoms with Crippen LogP contribution >= 0.6 is 7.82 Å². The lowest BCUT2D eigenvalue weighted by Gasteiger charge is -2.20. The second-order valence-electron chi connectivity index (χ2n) is 14.7. The second kappa shape index (κ2) is 40.6. The fraction of sp³-hybridized carbons (Fsp3) is 0.884. The minimum atomic E-state index is -4.52. The van der Waals surface area contributed by atoms with Crippen LogP contribution in [0.1, 0.15) is 200 Å². The average molecular weight is 775 g/mol. The maximum absolute atomic E-state index is 12.6.